The highest BCUT2D eigenvalue weighted by Gasteiger charge is 2.69. The Kier molecular flexibility index (Phi) is 7.85. The van der Waals surface area contributed by atoms with E-state index in [0.29, 0.717) is 64.7 Å². The summed E-state index contributed by atoms with van der Waals surface area (Å²) in [6.45, 7) is 14.1. The van der Waals surface area contributed by atoms with E-state index < -0.39 is 16.8 Å². The zero-order valence-electron chi connectivity index (χ0n) is 28.8. The van der Waals surface area contributed by atoms with Gasteiger partial charge in [-0.25, -0.2) is 4.79 Å². The van der Waals surface area contributed by atoms with Gasteiger partial charge in [-0.2, -0.15) is 0 Å². The molecule has 2 unspecified atom stereocenters. The van der Waals surface area contributed by atoms with Gasteiger partial charge < -0.3 is 10.0 Å². The Hall–Kier alpha value is -2.21. The predicted molar refractivity (Wildman–Crippen MR) is 186 cm³/mol. The lowest BCUT2D eigenvalue weighted by Crippen LogP contribution is -2.64. The first-order valence-electron chi connectivity index (χ1n) is 18.1. The molecule has 250 valence electrons. The Bertz CT molecular complexity index is 1480. The van der Waals surface area contributed by atoms with E-state index in [9.17, 15) is 18.9 Å². The number of allylic oxidation sites excluding steroid dienone is 3. The molecule has 46 heavy (non-hydrogen) atoms. The Morgan fingerprint density at radius 3 is 2.26 bits per heavy atom. The van der Waals surface area contributed by atoms with Crippen LogP contribution in [-0.4, -0.2) is 50.7 Å². The fraction of sp³-hybridized carbons (Fsp3) is 0.700. The van der Waals surface area contributed by atoms with Gasteiger partial charge in [0.25, 0.3) is 0 Å². The normalized spacial score (nSPS) is 42.0. The van der Waals surface area contributed by atoms with Crippen molar-refractivity contribution in [1.29, 1.82) is 0 Å². The number of carboxylic acids is 1. The zero-order chi connectivity index (χ0) is 32.7. The number of hydrogen-bond donors (Lipinski definition) is 1. The van der Waals surface area contributed by atoms with Crippen LogP contribution in [-0.2, 0) is 15.6 Å². The summed E-state index contributed by atoms with van der Waals surface area (Å²) in [5.41, 5.74) is 3.93. The van der Waals surface area contributed by atoms with Crippen LogP contribution in [0.5, 0.6) is 0 Å². The van der Waals surface area contributed by atoms with Crippen molar-refractivity contribution in [3.8, 4) is 0 Å². The van der Waals surface area contributed by atoms with Crippen molar-refractivity contribution < 1.29 is 18.9 Å². The Morgan fingerprint density at radius 1 is 0.848 bits per heavy atom. The number of carbonyl (C=O) groups is 2. The van der Waals surface area contributed by atoms with Crippen molar-refractivity contribution in [2.45, 2.75) is 98.8 Å². The van der Waals surface area contributed by atoms with Crippen molar-refractivity contribution in [3.05, 3.63) is 53.6 Å². The average Bonchev–Trinajstić information content (AvgIpc) is 3.45. The van der Waals surface area contributed by atoms with Gasteiger partial charge in [-0.05, 0) is 138 Å². The van der Waals surface area contributed by atoms with Gasteiger partial charge in [0.1, 0.15) is 0 Å². The van der Waals surface area contributed by atoms with Gasteiger partial charge >= 0.3 is 5.97 Å². The molecular formula is C40H55NO4S. The maximum absolute atomic E-state index is 13.2. The summed E-state index contributed by atoms with van der Waals surface area (Å²) in [6.07, 6.45) is 19.3. The molecule has 1 aromatic carbocycles. The minimum absolute atomic E-state index is 0.0186. The number of carboxylic acid groups (broad SMARTS) is 1. The van der Waals surface area contributed by atoms with Crippen LogP contribution in [0.15, 0.2) is 42.5 Å². The minimum atomic E-state index is -0.870. The molecule has 0 bridgehead atoms. The maximum atomic E-state index is 13.2. The first-order valence-corrected chi connectivity index (χ1v) is 19.6. The highest BCUT2D eigenvalue weighted by atomic mass is 32.2. The standard InChI is InChI=1S/C40H55NO4S/c1-36(2)29(27-8-10-28(11-9-27)35(43)44)14-18-37(3)32(36)15-19-39(5)33(37)13-12-30-31-7-6-17-40(31,22-21-38(30,39)4)20-16-34(42)41-23-25-46(45)26-24-41/h8-11,14,16,20,30-33H,6-7,12-13,15,17-19,21-26H2,1-5H3,(H,43,44)/b20-16+/t30-,31-,32?,33?,37+,38-,39-,40+/m1/s1. The average molecular weight is 646 g/mol. The van der Waals surface area contributed by atoms with E-state index in [-0.39, 0.29) is 22.2 Å². The van der Waals surface area contributed by atoms with Crippen molar-refractivity contribution >= 4 is 28.2 Å². The number of fused-ring (bicyclic) bond motifs is 7. The van der Waals surface area contributed by atoms with E-state index in [2.05, 4.69) is 46.8 Å². The summed E-state index contributed by atoms with van der Waals surface area (Å²) >= 11 is 0. The topological polar surface area (TPSA) is 74.7 Å². The third-order valence-electron chi connectivity index (χ3n) is 15.5. The van der Waals surface area contributed by atoms with E-state index in [1.54, 1.807) is 12.1 Å². The number of carbonyl (C=O) groups excluding carboxylic acids is 1. The number of nitrogens with zero attached hydrogens (tertiary/aromatic N) is 1. The SMILES string of the molecule is CC1(C)C(c2ccc(C(=O)O)cc2)=CC[C@@]2(C)C1CC[C@]1(C)C2CC[C@@H]2[C@H]3CCC[C@]3(/C=C/C(=O)N3CCS(=O)CC3)CC[C@]21C. The van der Waals surface area contributed by atoms with E-state index in [0.717, 1.165) is 6.42 Å². The molecule has 1 amide bonds. The third kappa shape index (κ3) is 4.69. The Morgan fingerprint density at radius 2 is 1.57 bits per heavy atom. The van der Waals surface area contributed by atoms with Gasteiger partial charge in [0.2, 0.25) is 5.91 Å². The summed E-state index contributed by atoms with van der Waals surface area (Å²) in [6, 6.07) is 7.56. The van der Waals surface area contributed by atoms with Crippen LogP contribution in [0.4, 0.5) is 0 Å². The largest absolute Gasteiger partial charge is 0.478 e. The monoisotopic (exact) mass is 645 g/mol. The second-order valence-corrected chi connectivity index (χ2v) is 19.0. The molecule has 0 aromatic heterocycles. The van der Waals surface area contributed by atoms with Crippen LogP contribution in [0.3, 0.4) is 0 Å². The fourth-order valence-electron chi connectivity index (χ4n) is 13.0. The summed E-state index contributed by atoms with van der Waals surface area (Å²) in [5.74, 6) is 3.12. The number of aromatic carboxylic acids is 1. The molecule has 4 saturated carbocycles. The number of hydrogen-bond acceptors (Lipinski definition) is 3. The second kappa shape index (κ2) is 11.2. The van der Waals surface area contributed by atoms with Gasteiger partial charge in [0.05, 0.1) is 5.56 Å². The third-order valence-corrected chi connectivity index (χ3v) is 16.8. The first kappa shape index (κ1) is 32.3. The van der Waals surface area contributed by atoms with E-state index in [1.165, 1.54) is 68.9 Å². The molecule has 5 aliphatic carbocycles. The molecule has 1 N–H and O–H groups in total. The zero-order valence-corrected chi connectivity index (χ0v) is 29.6. The molecule has 8 atom stereocenters. The molecule has 0 radical (unpaired) electrons. The lowest BCUT2D eigenvalue weighted by atomic mass is 9.32. The van der Waals surface area contributed by atoms with E-state index >= 15 is 0 Å². The summed E-state index contributed by atoms with van der Waals surface area (Å²) in [7, 11) is -0.771. The van der Waals surface area contributed by atoms with Crippen LogP contribution in [0, 0.1) is 50.7 Å². The number of amides is 1. The van der Waals surface area contributed by atoms with Crippen molar-refractivity contribution in [2.75, 3.05) is 24.6 Å². The number of rotatable bonds is 4. The Balaban J connectivity index is 1.15. The predicted octanol–water partition coefficient (Wildman–Crippen LogP) is 8.38. The lowest BCUT2D eigenvalue weighted by Gasteiger charge is -2.72. The number of benzene rings is 1. The first-order chi connectivity index (χ1) is 21.8. The fourth-order valence-corrected chi connectivity index (χ4v) is 14.1. The smallest absolute Gasteiger partial charge is 0.335 e. The van der Waals surface area contributed by atoms with Crippen molar-refractivity contribution in [2.24, 2.45) is 50.7 Å². The second-order valence-electron chi connectivity index (χ2n) is 17.3. The molecule has 1 aromatic rings. The summed E-state index contributed by atoms with van der Waals surface area (Å²) in [4.78, 5) is 26.6. The molecule has 5 fully saturated rings. The van der Waals surface area contributed by atoms with E-state index in [4.69, 9.17) is 0 Å². The quantitative estimate of drug-likeness (QED) is 0.334. The van der Waals surface area contributed by atoms with Crippen LogP contribution in [0.1, 0.15) is 115 Å². The highest BCUT2D eigenvalue weighted by molar-refractivity contribution is 7.85. The molecule has 7 rings (SSSR count). The summed E-state index contributed by atoms with van der Waals surface area (Å²) in [5, 5.41) is 9.44. The Labute approximate surface area is 279 Å². The van der Waals surface area contributed by atoms with Gasteiger partial charge in [0.15, 0.2) is 0 Å². The lowest BCUT2D eigenvalue weighted by molar-refractivity contribution is -0.218. The molecule has 0 spiro atoms. The van der Waals surface area contributed by atoms with Crippen LogP contribution in [0.2, 0.25) is 0 Å². The van der Waals surface area contributed by atoms with Gasteiger partial charge in [-0.3, -0.25) is 9.00 Å². The molecular weight excluding hydrogens is 591 g/mol. The molecule has 1 aliphatic heterocycles. The van der Waals surface area contributed by atoms with Crippen molar-refractivity contribution in [1.82, 2.24) is 4.90 Å². The van der Waals surface area contributed by atoms with Crippen LogP contribution < -0.4 is 0 Å². The maximum Gasteiger partial charge on any atom is 0.335 e. The summed E-state index contributed by atoms with van der Waals surface area (Å²) < 4.78 is 11.8. The molecule has 1 heterocycles. The molecule has 6 aliphatic rings. The molecule has 5 nitrogen and oxygen atoms in total. The van der Waals surface area contributed by atoms with Gasteiger partial charge in [0, 0.05) is 35.4 Å². The molecule has 1 saturated heterocycles. The van der Waals surface area contributed by atoms with Gasteiger partial charge in [-0.15, -0.1) is 0 Å². The van der Waals surface area contributed by atoms with Crippen LogP contribution in [0.25, 0.3) is 5.57 Å². The highest BCUT2D eigenvalue weighted by Crippen LogP contribution is 2.77. The van der Waals surface area contributed by atoms with Crippen LogP contribution >= 0.6 is 0 Å². The van der Waals surface area contributed by atoms with E-state index in [1.807, 2.05) is 23.1 Å². The minimum Gasteiger partial charge on any atom is -0.478 e. The molecule has 6 heteroatoms. The van der Waals surface area contributed by atoms with Gasteiger partial charge in [-0.1, -0.05) is 65.3 Å². The van der Waals surface area contributed by atoms with Crippen molar-refractivity contribution in [3.63, 3.8) is 0 Å².